The molecular weight excluding hydrogens is 463 g/mol. The summed E-state index contributed by atoms with van der Waals surface area (Å²) in [5.41, 5.74) is 1.74. The van der Waals surface area contributed by atoms with Crippen LogP contribution in [0.25, 0.3) is 5.69 Å². The number of likely N-dealkylation sites (tertiary alicyclic amines) is 1. The molecule has 1 aromatic heterocycles. The number of halogens is 1. The number of piperidine rings is 1. The maximum absolute atomic E-state index is 13.7. The van der Waals surface area contributed by atoms with Crippen molar-refractivity contribution in [1.82, 2.24) is 25.1 Å². The molecule has 10 heteroatoms. The minimum absolute atomic E-state index is 0.000159. The monoisotopic (exact) mass is 490 g/mol. The van der Waals surface area contributed by atoms with Crippen molar-refractivity contribution in [1.29, 1.82) is 5.26 Å². The highest BCUT2D eigenvalue weighted by atomic mass is 19.1. The summed E-state index contributed by atoms with van der Waals surface area (Å²) < 4.78 is 20.6. The molecule has 1 aliphatic rings. The van der Waals surface area contributed by atoms with E-state index in [0.717, 1.165) is 16.8 Å². The summed E-state index contributed by atoms with van der Waals surface area (Å²) >= 11 is 0. The van der Waals surface area contributed by atoms with Crippen molar-refractivity contribution in [3.05, 3.63) is 71.3 Å². The summed E-state index contributed by atoms with van der Waals surface area (Å²) in [5.74, 6) is -0.823. The molecule has 2 heterocycles. The molecule has 0 N–H and O–H groups in total. The summed E-state index contributed by atoms with van der Waals surface area (Å²) in [6.45, 7) is 2.95. The number of nitriles is 1. The number of rotatable bonds is 8. The van der Waals surface area contributed by atoms with Crippen LogP contribution in [0.2, 0.25) is 0 Å². The van der Waals surface area contributed by atoms with Crippen LogP contribution < -0.4 is 0 Å². The average molecular weight is 491 g/mol. The Morgan fingerprint density at radius 2 is 1.86 bits per heavy atom. The van der Waals surface area contributed by atoms with Gasteiger partial charge in [0.25, 0.3) is 0 Å². The molecule has 0 saturated carbocycles. The summed E-state index contributed by atoms with van der Waals surface area (Å²) in [6, 6.07) is 13.8. The summed E-state index contributed by atoms with van der Waals surface area (Å²) in [4.78, 5) is 27.7. The maximum atomic E-state index is 13.7. The Balaban J connectivity index is 1.38. The average Bonchev–Trinajstić information content (AvgIpc) is 3.44. The van der Waals surface area contributed by atoms with E-state index in [-0.39, 0.29) is 30.5 Å². The lowest BCUT2D eigenvalue weighted by Crippen LogP contribution is -2.47. The Kier molecular flexibility index (Phi) is 7.68. The predicted octanol–water partition coefficient (Wildman–Crippen LogP) is 3.02. The van der Waals surface area contributed by atoms with Gasteiger partial charge in [0, 0.05) is 13.1 Å². The first kappa shape index (κ1) is 25.0. The normalized spacial score (nSPS) is 14.8. The number of tetrazole rings is 1. The van der Waals surface area contributed by atoms with E-state index < -0.39 is 11.2 Å². The van der Waals surface area contributed by atoms with Crippen LogP contribution in [0.5, 0.6) is 0 Å². The van der Waals surface area contributed by atoms with Gasteiger partial charge in [-0.05, 0) is 78.4 Å². The second kappa shape index (κ2) is 11.1. The fraction of sp³-hybridized carbons (Fsp3) is 0.385. The van der Waals surface area contributed by atoms with E-state index in [0.29, 0.717) is 38.8 Å². The lowest BCUT2D eigenvalue weighted by atomic mass is 9.74. The third-order valence-electron chi connectivity index (χ3n) is 6.73. The van der Waals surface area contributed by atoms with Crippen LogP contribution in [-0.2, 0) is 27.2 Å². The first-order valence-corrected chi connectivity index (χ1v) is 11.9. The number of carbonyl (C=O) groups is 2. The zero-order chi connectivity index (χ0) is 25.5. The molecule has 1 aliphatic heterocycles. The van der Waals surface area contributed by atoms with Crippen molar-refractivity contribution < 1.29 is 18.7 Å². The van der Waals surface area contributed by atoms with Crippen molar-refractivity contribution in [2.24, 2.45) is 5.41 Å². The maximum Gasteiger partial charge on any atom is 0.312 e. The number of ether oxygens (including phenoxy) is 1. The molecule has 4 rings (SSSR count). The summed E-state index contributed by atoms with van der Waals surface area (Å²) in [7, 11) is 0. The Hall–Kier alpha value is -4.13. The van der Waals surface area contributed by atoms with E-state index in [1.165, 1.54) is 23.1 Å². The van der Waals surface area contributed by atoms with E-state index in [4.69, 9.17) is 10.00 Å². The van der Waals surface area contributed by atoms with Gasteiger partial charge in [-0.1, -0.05) is 18.2 Å². The quantitative estimate of drug-likeness (QED) is 0.446. The van der Waals surface area contributed by atoms with Crippen molar-refractivity contribution in [3.63, 3.8) is 0 Å². The van der Waals surface area contributed by atoms with Crippen LogP contribution in [0.4, 0.5) is 4.39 Å². The van der Waals surface area contributed by atoms with E-state index in [2.05, 4.69) is 15.5 Å². The molecule has 1 fully saturated rings. The molecule has 9 nitrogen and oxygen atoms in total. The number of aromatic nitrogens is 4. The summed E-state index contributed by atoms with van der Waals surface area (Å²) in [6.07, 6.45) is 3.75. The molecule has 0 spiro atoms. The molecule has 1 amide bonds. The van der Waals surface area contributed by atoms with Gasteiger partial charge in [-0.25, -0.2) is 9.07 Å². The Morgan fingerprint density at radius 3 is 2.50 bits per heavy atom. The highest BCUT2D eigenvalue weighted by molar-refractivity contribution is 5.80. The number of amides is 1. The van der Waals surface area contributed by atoms with Gasteiger partial charge in [0.2, 0.25) is 5.91 Å². The molecule has 3 aromatic rings. The lowest BCUT2D eigenvalue weighted by molar-refractivity contribution is -0.160. The number of esters is 1. The van der Waals surface area contributed by atoms with Crippen LogP contribution in [0.15, 0.2) is 48.8 Å². The van der Waals surface area contributed by atoms with E-state index in [9.17, 15) is 14.0 Å². The van der Waals surface area contributed by atoms with Crippen LogP contribution in [0, 0.1) is 22.6 Å². The van der Waals surface area contributed by atoms with Gasteiger partial charge in [-0.2, -0.15) is 5.26 Å². The molecule has 2 aromatic carbocycles. The molecule has 0 atom stereocenters. The predicted molar refractivity (Wildman–Crippen MR) is 127 cm³/mol. The Bertz CT molecular complexity index is 1250. The van der Waals surface area contributed by atoms with Crippen molar-refractivity contribution in [2.75, 3.05) is 19.7 Å². The number of nitrogens with zero attached hydrogens (tertiary/aromatic N) is 6. The largest absolute Gasteiger partial charge is 0.466 e. The number of aryl methyl sites for hydroxylation is 1. The Morgan fingerprint density at radius 1 is 1.14 bits per heavy atom. The Labute approximate surface area is 208 Å². The molecule has 186 valence electrons. The SMILES string of the molecule is CCOC(=O)C1(CCc2ccc(F)c(C#N)c2)CCN(C(=O)Cc2ccc(-n3cnnn3)cc2)CC1. The lowest BCUT2D eigenvalue weighted by Gasteiger charge is -2.40. The van der Waals surface area contributed by atoms with Gasteiger partial charge in [-0.3, -0.25) is 9.59 Å². The molecule has 1 saturated heterocycles. The van der Waals surface area contributed by atoms with Crippen molar-refractivity contribution >= 4 is 11.9 Å². The van der Waals surface area contributed by atoms with Crippen molar-refractivity contribution in [3.8, 4) is 11.8 Å². The highest BCUT2D eigenvalue weighted by Gasteiger charge is 2.43. The van der Waals surface area contributed by atoms with Gasteiger partial charge in [0.1, 0.15) is 18.2 Å². The molecule has 0 aliphatic carbocycles. The number of benzene rings is 2. The smallest absolute Gasteiger partial charge is 0.312 e. The van der Waals surface area contributed by atoms with Crippen LogP contribution in [0.1, 0.15) is 42.9 Å². The van der Waals surface area contributed by atoms with Crippen LogP contribution >= 0.6 is 0 Å². The fourth-order valence-electron chi connectivity index (χ4n) is 4.55. The molecule has 36 heavy (non-hydrogen) atoms. The fourth-order valence-corrected chi connectivity index (χ4v) is 4.55. The number of carbonyl (C=O) groups excluding carboxylic acids is 2. The zero-order valence-electron chi connectivity index (χ0n) is 20.1. The molecule has 0 bridgehead atoms. The molecule has 0 unspecified atom stereocenters. The number of hydrogen-bond acceptors (Lipinski definition) is 7. The first-order chi connectivity index (χ1) is 17.4. The third-order valence-corrected chi connectivity index (χ3v) is 6.73. The molecular formula is C26H27FN6O3. The summed E-state index contributed by atoms with van der Waals surface area (Å²) in [5, 5.41) is 20.2. The van der Waals surface area contributed by atoms with E-state index >= 15 is 0 Å². The topological polar surface area (TPSA) is 114 Å². The van der Waals surface area contributed by atoms with E-state index in [1.54, 1.807) is 17.9 Å². The third kappa shape index (κ3) is 5.57. The van der Waals surface area contributed by atoms with Crippen molar-refractivity contribution in [2.45, 2.75) is 39.0 Å². The van der Waals surface area contributed by atoms with Crippen LogP contribution in [0.3, 0.4) is 0 Å². The van der Waals surface area contributed by atoms with Gasteiger partial charge in [-0.15, -0.1) is 5.10 Å². The zero-order valence-corrected chi connectivity index (χ0v) is 20.1. The second-order valence-electron chi connectivity index (χ2n) is 8.91. The van der Waals surface area contributed by atoms with Gasteiger partial charge < -0.3 is 9.64 Å². The first-order valence-electron chi connectivity index (χ1n) is 11.9. The van der Waals surface area contributed by atoms with Gasteiger partial charge in [0.05, 0.1) is 29.7 Å². The molecule has 0 radical (unpaired) electrons. The van der Waals surface area contributed by atoms with Gasteiger partial charge in [0.15, 0.2) is 0 Å². The van der Waals surface area contributed by atoms with E-state index in [1.807, 2.05) is 30.3 Å². The van der Waals surface area contributed by atoms with Gasteiger partial charge >= 0.3 is 5.97 Å². The minimum Gasteiger partial charge on any atom is -0.466 e. The van der Waals surface area contributed by atoms with Crippen LogP contribution in [-0.4, -0.2) is 56.7 Å². The highest BCUT2D eigenvalue weighted by Crippen LogP contribution is 2.38. The second-order valence-corrected chi connectivity index (χ2v) is 8.91. The standard InChI is InChI=1S/C26H27FN6O3/c1-2-36-25(35)26(10-9-20-5-8-23(27)21(15-20)17-28)11-13-32(14-12-26)24(34)16-19-3-6-22(7-4-19)33-18-29-30-31-33/h3-8,15,18H,2,9-14,16H2,1H3. The minimum atomic E-state index is -0.721. The number of hydrogen-bond donors (Lipinski definition) is 0.